The third kappa shape index (κ3) is 2.70. The number of hydrogen-bond donors (Lipinski definition) is 0. The first-order valence-electron chi connectivity index (χ1n) is 10.1. The normalized spacial score (nSPS) is 28.6. The summed E-state index contributed by atoms with van der Waals surface area (Å²) in [6.45, 7) is 4.32. The highest BCUT2D eigenvalue weighted by molar-refractivity contribution is 5.87. The Bertz CT molecular complexity index is 904. The molecule has 2 aliphatic heterocycles. The summed E-state index contributed by atoms with van der Waals surface area (Å²) < 4.78 is 23.6. The van der Waals surface area contributed by atoms with Gasteiger partial charge in [0.25, 0.3) is 0 Å². The Labute approximate surface area is 170 Å². The molecule has 0 amide bonds. The van der Waals surface area contributed by atoms with Crippen LogP contribution in [0.5, 0.6) is 23.0 Å². The molecule has 2 heterocycles. The molecule has 0 aromatic heterocycles. The molecule has 0 unspecified atom stereocenters. The average molecular weight is 394 g/mol. The lowest BCUT2D eigenvalue weighted by molar-refractivity contribution is -0.161. The Morgan fingerprint density at radius 3 is 1.69 bits per heavy atom. The minimum Gasteiger partial charge on any atom is -0.497 e. The highest BCUT2D eigenvalue weighted by Gasteiger charge is 2.59. The number of ether oxygens (including phenoxy) is 4. The summed E-state index contributed by atoms with van der Waals surface area (Å²) in [6.07, 6.45) is 0.932. The summed E-state index contributed by atoms with van der Waals surface area (Å²) in [5, 5.41) is 0. The molecule has 0 N–H and O–H groups in total. The van der Waals surface area contributed by atoms with Crippen LogP contribution in [0.4, 0.5) is 0 Å². The zero-order chi connectivity index (χ0) is 20.3. The number of carbonyl (C=O) groups is 1. The number of fused-ring (bicyclic) bond motifs is 4. The van der Waals surface area contributed by atoms with E-state index in [9.17, 15) is 4.79 Å². The fraction of sp³-hybridized carbons (Fsp3) is 0.458. The molecule has 0 spiro atoms. The molecule has 2 aromatic rings. The first-order chi connectivity index (χ1) is 13.9. The molecule has 0 saturated heterocycles. The highest BCUT2D eigenvalue weighted by Crippen LogP contribution is 2.51. The number of hydrogen-bond acceptors (Lipinski definition) is 5. The average Bonchev–Trinajstić information content (AvgIpc) is 2.75. The Kier molecular flexibility index (Phi) is 4.05. The molecule has 0 radical (unpaired) electrons. The van der Waals surface area contributed by atoms with Crippen LogP contribution in [0.2, 0.25) is 0 Å². The van der Waals surface area contributed by atoms with Gasteiger partial charge in [-0.15, -0.1) is 0 Å². The predicted molar refractivity (Wildman–Crippen MR) is 108 cm³/mol. The van der Waals surface area contributed by atoms with E-state index in [1.807, 2.05) is 36.4 Å². The van der Waals surface area contributed by atoms with Crippen molar-refractivity contribution >= 4 is 5.78 Å². The van der Waals surface area contributed by atoms with Gasteiger partial charge in [0.05, 0.1) is 26.1 Å². The molecule has 4 atom stereocenters. The number of methoxy groups -OCH3 is 2. The Morgan fingerprint density at radius 1 is 0.828 bits per heavy atom. The molecule has 29 heavy (non-hydrogen) atoms. The van der Waals surface area contributed by atoms with E-state index < -0.39 is 0 Å². The molecule has 0 bridgehead atoms. The second kappa shape index (κ2) is 6.41. The summed E-state index contributed by atoms with van der Waals surface area (Å²) in [6, 6.07) is 11.7. The van der Waals surface area contributed by atoms with Crippen molar-refractivity contribution in [1.82, 2.24) is 0 Å². The van der Waals surface area contributed by atoms with E-state index in [1.165, 1.54) is 0 Å². The van der Waals surface area contributed by atoms with Gasteiger partial charge in [-0.1, -0.05) is 26.0 Å². The highest BCUT2D eigenvalue weighted by atomic mass is 16.5. The van der Waals surface area contributed by atoms with Gasteiger partial charge >= 0.3 is 0 Å². The van der Waals surface area contributed by atoms with Crippen molar-refractivity contribution in [3.05, 3.63) is 47.5 Å². The lowest BCUT2D eigenvalue weighted by Gasteiger charge is -2.53. The maximum Gasteiger partial charge on any atom is 0.147 e. The summed E-state index contributed by atoms with van der Waals surface area (Å²) in [5.74, 6) is 3.07. The number of ketones is 1. The van der Waals surface area contributed by atoms with Gasteiger partial charge in [-0.3, -0.25) is 4.79 Å². The van der Waals surface area contributed by atoms with Crippen molar-refractivity contribution in [1.29, 1.82) is 0 Å². The minimum absolute atomic E-state index is 0.157. The predicted octanol–water partition coefficient (Wildman–Crippen LogP) is 3.85. The fourth-order valence-corrected chi connectivity index (χ4v) is 5.28. The van der Waals surface area contributed by atoms with Crippen molar-refractivity contribution in [2.75, 3.05) is 14.2 Å². The Hall–Kier alpha value is -2.69. The van der Waals surface area contributed by atoms with Gasteiger partial charge in [-0.05, 0) is 36.1 Å². The molecular weight excluding hydrogens is 368 g/mol. The number of carbonyl (C=O) groups excluding carboxylic acids is 1. The molecule has 5 heteroatoms. The van der Waals surface area contributed by atoms with Crippen LogP contribution in [-0.2, 0) is 17.6 Å². The fourth-order valence-electron chi connectivity index (χ4n) is 5.28. The van der Waals surface area contributed by atoms with Gasteiger partial charge in [0.2, 0.25) is 0 Å². The molecule has 1 aliphatic carbocycles. The zero-order valence-corrected chi connectivity index (χ0v) is 17.2. The van der Waals surface area contributed by atoms with Gasteiger partial charge in [0.15, 0.2) is 0 Å². The van der Waals surface area contributed by atoms with E-state index in [1.54, 1.807) is 14.2 Å². The summed E-state index contributed by atoms with van der Waals surface area (Å²) in [5.41, 5.74) is 1.80. The van der Waals surface area contributed by atoms with Crippen molar-refractivity contribution in [2.45, 2.75) is 38.9 Å². The lowest BCUT2D eigenvalue weighted by atomic mass is 9.59. The van der Waals surface area contributed by atoms with Crippen molar-refractivity contribution in [3.8, 4) is 23.0 Å². The van der Waals surface area contributed by atoms with Crippen LogP contribution in [-0.4, -0.2) is 32.2 Å². The summed E-state index contributed by atoms with van der Waals surface area (Å²) in [7, 11) is 3.29. The van der Waals surface area contributed by atoms with Crippen LogP contribution in [0.1, 0.15) is 25.0 Å². The quantitative estimate of drug-likeness (QED) is 0.774. The van der Waals surface area contributed by atoms with Gasteiger partial charge < -0.3 is 18.9 Å². The monoisotopic (exact) mass is 394 g/mol. The van der Waals surface area contributed by atoms with Crippen LogP contribution in [0, 0.1) is 17.3 Å². The van der Waals surface area contributed by atoms with E-state index in [0.717, 1.165) is 34.1 Å². The molecule has 3 aliphatic rings. The SMILES string of the molecule is COc1ccc2c(c1)O[C@@H]1[C@H](C2)C(=O)[C@H]2Cc3ccc(OC)cc3O[C@H]2C1(C)C. The molecule has 5 rings (SSSR count). The van der Waals surface area contributed by atoms with E-state index in [-0.39, 0.29) is 35.2 Å². The van der Waals surface area contributed by atoms with Gasteiger partial charge in [-0.2, -0.15) is 0 Å². The first kappa shape index (κ1) is 18.3. The number of rotatable bonds is 2. The Morgan fingerprint density at radius 2 is 1.28 bits per heavy atom. The van der Waals surface area contributed by atoms with Crippen LogP contribution >= 0.6 is 0 Å². The number of benzene rings is 2. The van der Waals surface area contributed by atoms with E-state index in [4.69, 9.17) is 18.9 Å². The van der Waals surface area contributed by atoms with E-state index in [0.29, 0.717) is 12.8 Å². The molecule has 1 fully saturated rings. The van der Waals surface area contributed by atoms with Crippen LogP contribution in [0.25, 0.3) is 0 Å². The first-order valence-corrected chi connectivity index (χ1v) is 10.1. The van der Waals surface area contributed by atoms with Gasteiger partial charge in [-0.25, -0.2) is 0 Å². The maximum atomic E-state index is 13.5. The number of Topliss-reactive ketones (excluding diaryl/α,β-unsaturated/α-hetero) is 1. The third-order valence-electron chi connectivity index (χ3n) is 6.86. The summed E-state index contributed by atoms with van der Waals surface area (Å²) in [4.78, 5) is 13.5. The Balaban J connectivity index is 1.53. The topological polar surface area (TPSA) is 54.0 Å². The summed E-state index contributed by atoms with van der Waals surface area (Å²) >= 11 is 0. The van der Waals surface area contributed by atoms with Gasteiger partial charge in [0.1, 0.15) is 41.0 Å². The second-order valence-corrected chi connectivity index (χ2v) is 8.87. The molecule has 1 saturated carbocycles. The molecule has 152 valence electrons. The molecule has 2 aromatic carbocycles. The van der Waals surface area contributed by atoms with Crippen molar-refractivity contribution in [3.63, 3.8) is 0 Å². The van der Waals surface area contributed by atoms with Crippen LogP contribution in [0.15, 0.2) is 36.4 Å². The van der Waals surface area contributed by atoms with Crippen molar-refractivity contribution in [2.24, 2.45) is 17.3 Å². The largest absolute Gasteiger partial charge is 0.497 e. The molecule has 5 nitrogen and oxygen atoms in total. The van der Waals surface area contributed by atoms with Crippen molar-refractivity contribution < 1.29 is 23.7 Å². The zero-order valence-electron chi connectivity index (χ0n) is 17.2. The third-order valence-corrected chi connectivity index (χ3v) is 6.86. The van der Waals surface area contributed by atoms with Gasteiger partial charge in [0, 0.05) is 17.5 Å². The van der Waals surface area contributed by atoms with E-state index >= 15 is 0 Å². The standard InChI is InChI=1S/C24H26O5/c1-24(2)22-17(9-13-5-7-15(26-3)11-19(13)28-22)21(25)18-10-14-6-8-16(27-4)12-20(14)29-23(18)24/h5-8,11-12,17-18,22-23H,9-10H2,1-4H3/t17-,18-,22-,23-/m1/s1. The minimum atomic E-state index is -0.329. The van der Waals surface area contributed by atoms with E-state index in [2.05, 4.69) is 13.8 Å². The lowest BCUT2D eigenvalue weighted by Crippen LogP contribution is -2.64. The second-order valence-electron chi connectivity index (χ2n) is 8.87. The smallest absolute Gasteiger partial charge is 0.147 e. The van der Waals surface area contributed by atoms with Crippen LogP contribution in [0.3, 0.4) is 0 Å². The molecular formula is C24H26O5. The van der Waals surface area contributed by atoms with Crippen LogP contribution < -0.4 is 18.9 Å². The maximum absolute atomic E-state index is 13.5.